The SMILES string of the molecule is COC(=O)[C@@H](Cc1ccccc1)NC(=O)Nc1ccc(Cl)c(Cl)c1. The Hall–Kier alpha value is -2.24. The quantitative estimate of drug-likeness (QED) is 0.788. The highest BCUT2D eigenvalue weighted by Crippen LogP contribution is 2.24. The highest BCUT2D eigenvalue weighted by Gasteiger charge is 2.22. The summed E-state index contributed by atoms with van der Waals surface area (Å²) in [5.74, 6) is -0.525. The zero-order chi connectivity index (χ0) is 17.5. The van der Waals surface area contributed by atoms with Crippen LogP contribution < -0.4 is 10.6 Å². The fourth-order valence-corrected chi connectivity index (χ4v) is 2.38. The summed E-state index contributed by atoms with van der Waals surface area (Å²) in [7, 11) is 1.28. The number of methoxy groups -OCH3 is 1. The van der Waals surface area contributed by atoms with Crippen LogP contribution in [0.15, 0.2) is 48.5 Å². The van der Waals surface area contributed by atoms with Gasteiger partial charge < -0.3 is 15.4 Å². The Labute approximate surface area is 149 Å². The number of esters is 1. The van der Waals surface area contributed by atoms with Crippen LogP contribution in [0.25, 0.3) is 0 Å². The molecule has 1 atom stereocenters. The van der Waals surface area contributed by atoms with E-state index in [9.17, 15) is 9.59 Å². The maximum absolute atomic E-state index is 12.1. The predicted octanol–water partition coefficient (Wildman–Crippen LogP) is 3.90. The normalized spacial score (nSPS) is 11.5. The van der Waals surface area contributed by atoms with E-state index >= 15 is 0 Å². The maximum Gasteiger partial charge on any atom is 0.328 e. The maximum atomic E-state index is 12.1. The van der Waals surface area contributed by atoms with E-state index in [0.29, 0.717) is 22.2 Å². The van der Waals surface area contributed by atoms with Crippen molar-refractivity contribution in [1.82, 2.24) is 5.32 Å². The van der Waals surface area contributed by atoms with Crippen LogP contribution >= 0.6 is 23.2 Å². The summed E-state index contributed by atoms with van der Waals surface area (Å²) >= 11 is 11.7. The second-order valence-electron chi connectivity index (χ2n) is 4.99. The van der Waals surface area contributed by atoms with E-state index in [-0.39, 0.29) is 0 Å². The predicted molar refractivity (Wildman–Crippen MR) is 94.6 cm³/mol. The second kappa shape index (κ2) is 8.57. The van der Waals surface area contributed by atoms with E-state index in [1.54, 1.807) is 12.1 Å². The van der Waals surface area contributed by atoms with E-state index in [1.165, 1.54) is 13.2 Å². The van der Waals surface area contributed by atoms with Gasteiger partial charge in [-0.2, -0.15) is 0 Å². The minimum absolute atomic E-state index is 0.322. The van der Waals surface area contributed by atoms with Crippen LogP contribution in [-0.4, -0.2) is 25.2 Å². The Bertz CT molecular complexity index is 723. The number of anilines is 1. The number of amides is 2. The summed E-state index contributed by atoms with van der Waals surface area (Å²) in [4.78, 5) is 24.0. The largest absolute Gasteiger partial charge is 0.467 e. The Balaban J connectivity index is 2.03. The van der Waals surface area contributed by atoms with E-state index in [2.05, 4.69) is 10.6 Å². The number of urea groups is 1. The number of hydrogen-bond acceptors (Lipinski definition) is 3. The van der Waals surface area contributed by atoms with Crippen LogP contribution in [0.2, 0.25) is 10.0 Å². The lowest BCUT2D eigenvalue weighted by atomic mass is 10.1. The van der Waals surface area contributed by atoms with Crippen LogP contribution in [0.5, 0.6) is 0 Å². The molecule has 2 amide bonds. The van der Waals surface area contributed by atoms with Gasteiger partial charge in [-0.3, -0.25) is 0 Å². The third-order valence-corrected chi connectivity index (χ3v) is 3.99. The van der Waals surface area contributed by atoms with Crippen LogP contribution in [0.4, 0.5) is 10.5 Å². The minimum Gasteiger partial charge on any atom is -0.467 e. The van der Waals surface area contributed by atoms with Crippen molar-refractivity contribution in [3.8, 4) is 0 Å². The van der Waals surface area contributed by atoms with Crippen molar-refractivity contribution in [2.75, 3.05) is 12.4 Å². The number of rotatable bonds is 5. The molecule has 2 aromatic carbocycles. The summed E-state index contributed by atoms with van der Waals surface area (Å²) in [6.07, 6.45) is 0.322. The highest BCUT2D eigenvalue weighted by molar-refractivity contribution is 6.42. The summed E-state index contributed by atoms with van der Waals surface area (Å²) in [5.41, 5.74) is 1.37. The molecule has 0 saturated carbocycles. The fraction of sp³-hybridized carbons (Fsp3) is 0.176. The van der Waals surface area contributed by atoms with Crippen molar-refractivity contribution in [2.45, 2.75) is 12.5 Å². The van der Waals surface area contributed by atoms with Gasteiger partial charge in [0.1, 0.15) is 6.04 Å². The third-order valence-electron chi connectivity index (χ3n) is 3.25. The second-order valence-corrected chi connectivity index (χ2v) is 5.81. The summed E-state index contributed by atoms with van der Waals surface area (Å²) in [5, 5.41) is 5.91. The van der Waals surface area contributed by atoms with E-state index in [4.69, 9.17) is 27.9 Å². The number of carbonyl (C=O) groups excluding carboxylic acids is 2. The zero-order valence-corrected chi connectivity index (χ0v) is 14.4. The average molecular weight is 367 g/mol. The highest BCUT2D eigenvalue weighted by atomic mass is 35.5. The average Bonchev–Trinajstić information content (AvgIpc) is 2.58. The molecule has 0 radical (unpaired) electrons. The number of ether oxygens (including phenoxy) is 1. The molecule has 5 nitrogen and oxygen atoms in total. The van der Waals surface area contributed by atoms with Gasteiger partial charge in [-0.1, -0.05) is 53.5 Å². The molecule has 0 aliphatic carbocycles. The fourth-order valence-electron chi connectivity index (χ4n) is 2.08. The van der Waals surface area contributed by atoms with Crippen molar-refractivity contribution in [2.24, 2.45) is 0 Å². The molecule has 0 spiro atoms. The Morgan fingerprint density at radius 3 is 2.42 bits per heavy atom. The molecule has 24 heavy (non-hydrogen) atoms. The first-order valence-electron chi connectivity index (χ1n) is 7.14. The summed E-state index contributed by atoms with van der Waals surface area (Å²) in [6.45, 7) is 0. The van der Waals surface area contributed by atoms with Gasteiger partial charge in [0.05, 0.1) is 17.2 Å². The molecule has 2 N–H and O–H groups in total. The van der Waals surface area contributed by atoms with Gasteiger partial charge in [-0.25, -0.2) is 9.59 Å². The van der Waals surface area contributed by atoms with Crippen molar-refractivity contribution >= 4 is 40.9 Å². The molecule has 0 unspecified atom stereocenters. The van der Waals surface area contributed by atoms with Crippen molar-refractivity contribution in [1.29, 1.82) is 0 Å². The zero-order valence-electron chi connectivity index (χ0n) is 12.9. The first kappa shape index (κ1) is 18.1. The monoisotopic (exact) mass is 366 g/mol. The van der Waals surface area contributed by atoms with Gasteiger partial charge in [0, 0.05) is 12.1 Å². The molecule has 0 aliphatic heterocycles. The smallest absolute Gasteiger partial charge is 0.328 e. The van der Waals surface area contributed by atoms with Gasteiger partial charge in [0.2, 0.25) is 0 Å². The number of benzene rings is 2. The van der Waals surface area contributed by atoms with E-state index in [1.807, 2.05) is 30.3 Å². The number of halogens is 2. The first-order valence-corrected chi connectivity index (χ1v) is 7.89. The standard InChI is InChI=1S/C17H16Cl2N2O3/c1-24-16(22)15(9-11-5-3-2-4-6-11)21-17(23)20-12-7-8-13(18)14(19)10-12/h2-8,10,15H,9H2,1H3,(H2,20,21,23)/t15-/m1/s1. The summed E-state index contributed by atoms with van der Waals surface area (Å²) in [6, 6.07) is 12.7. The van der Waals surface area contributed by atoms with Gasteiger partial charge >= 0.3 is 12.0 Å². The lowest BCUT2D eigenvalue weighted by Gasteiger charge is -2.17. The Kier molecular flexibility index (Phi) is 6.46. The molecule has 2 rings (SSSR count). The first-order chi connectivity index (χ1) is 11.5. The lowest BCUT2D eigenvalue weighted by molar-refractivity contribution is -0.142. The van der Waals surface area contributed by atoms with Crippen LogP contribution in [0.3, 0.4) is 0 Å². The molecular weight excluding hydrogens is 351 g/mol. The molecule has 126 valence electrons. The van der Waals surface area contributed by atoms with Crippen molar-refractivity contribution in [3.63, 3.8) is 0 Å². The molecule has 0 bridgehead atoms. The van der Waals surface area contributed by atoms with Crippen LogP contribution in [-0.2, 0) is 16.0 Å². The van der Waals surface area contributed by atoms with Crippen molar-refractivity contribution in [3.05, 3.63) is 64.1 Å². The number of nitrogens with one attached hydrogen (secondary N) is 2. The van der Waals surface area contributed by atoms with E-state index in [0.717, 1.165) is 5.56 Å². The van der Waals surface area contributed by atoms with Crippen molar-refractivity contribution < 1.29 is 14.3 Å². The van der Waals surface area contributed by atoms with Crippen LogP contribution in [0, 0.1) is 0 Å². The molecular formula is C17H16Cl2N2O3. The molecule has 0 aromatic heterocycles. The van der Waals surface area contributed by atoms with E-state index < -0.39 is 18.0 Å². The van der Waals surface area contributed by atoms with Gasteiger partial charge in [-0.15, -0.1) is 0 Å². The molecule has 0 fully saturated rings. The lowest BCUT2D eigenvalue weighted by Crippen LogP contribution is -2.45. The minimum atomic E-state index is -0.805. The topological polar surface area (TPSA) is 67.4 Å². The van der Waals surface area contributed by atoms with Crippen LogP contribution in [0.1, 0.15) is 5.56 Å². The molecule has 0 heterocycles. The Morgan fingerprint density at radius 2 is 1.79 bits per heavy atom. The molecule has 0 saturated heterocycles. The molecule has 2 aromatic rings. The summed E-state index contributed by atoms with van der Waals surface area (Å²) < 4.78 is 4.75. The Morgan fingerprint density at radius 1 is 1.08 bits per heavy atom. The van der Waals surface area contributed by atoms with Gasteiger partial charge in [-0.05, 0) is 23.8 Å². The number of carbonyl (C=O) groups is 2. The third kappa shape index (κ3) is 5.15. The molecule has 7 heteroatoms. The van der Waals surface area contributed by atoms with Gasteiger partial charge in [0.25, 0.3) is 0 Å². The number of hydrogen-bond donors (Lipinski definition) is 2. The molecule has 0 aliphatic rings. The van der Waals surface area contributed by atoms with Gasteiger partial charge in [0.15, 0.2) is 0 Å².